The maximum atomic E-state index is 5.81. The van der Waals surface area contributed by atoms with Crippen LogP contribution in [0.1, 0.15) is 0 Å². The summed E-state index contributed by atoms with van der Waals surface area (Å²) in [4.78, 5) is 4.14. The van der Waals surface area contributed by atoms with Crippen LogP contribution in [0.5, 0.6) is 11.5 Å². The average Bonchev–Trinajstić information content (AvgIpc) is 2.76. The van der Waals surface area contributed by atoms with Gasteiger partial charge in [0.25, 0.3) is 0 Å². The first-order chi connectivity index (χ1) is 8.31. The first-order valence-corrected chi connectivity index (χ1v) is 5.48. The molecule has 1 N–H and O–H groups in total. The molecular weight excluding hydrogens is 240 g/mol. The van der Waals surface area contributed by atoms with E-state index in [-0.39, 0.29) is 6.79 Å². The molecule has 1 aliphatic rings. The van der Waals surface area contributed by atoms with E-state index in [4.69, 9.17) is 21.1 Å². The average molecular weight is 249 g/mol. The van der Waals surface area contributed by atoms with Gasteiger partial charge in [-0.25, -0.2) is 4.98 Å². The number of ether oxygens (including phenoxy) is 2. The Kier molecular flexibility index (Phi) is 2.49. The Morgan fingerprint density at radius 2 is 2.00 bits per heavy atom. The lowest BCUT2D eigenvalue weighted by Crippen LogP contribution is -1.93. The van der Waals surface area contributed by atoms with Crippen LogP contribution in [0.3, 0.4) is 0 Å². The summed E-state index contributed by atoms with van der Waals surface area (Å²) in [6.45, 7) is 0.272. The van der Waals surface area contributed by atoms with Gasteiger partial charge in [0.1, 0.15) is 11.0 Å². The minimum Gasteiger partial charge on any atom is -0.454 e. The van der Waals surface area contributed by atoms with Crippen molar-refractivity contribution in [3.8, 4) is 11.5 Å². The molecule has 1 aliphatic heterocycles. The van der Waals surface area contributed by atoms with Crippen molar-refractivity contribution >= 4 is 23.1 Å². The molecule has 4 nitrogen and oxygen atoms in total. The number of fused-ring (bicyclic) bond motifs is 1. The number of hydrogen-bond acceptors (Lipinski definition) is 4. The van der Waals surface area contributed by atoms with Crippen LogP contribution in [0.25, 0.3) is 0 Å². The highest BCUT2D eigenvalue weighted by Crippen LogP contribution is 2.34. The predicted octanol–water partition coefficient (Wildman–Crippen LogP) is 3.21. The van der Waals surface area contributed by atoms with Crippen LogP contribution >= 0.6 is 11.6 Å². The van der Waals surface area contributed by atoms with Crippen LogP contribution in [-0.2, 0) is 0 Å². The number of pyridine rings is 1. The zero-order valence-electron chi connectivity index (χ0n) is 8.81. The second-order valence-electron chi connectivity index (χ2n) is 3.54. The van der Waals surface area contributed by atoms with E-state index in [1.165, 1.54) is 0 Å². The summed E-state index contributed by atoms with van der Waals surface area (Å²) >= 11 is 5.81. The van der Waals surface area contributed by atoms with Gasteiger partial charge in [-0.05, 0) is 24.3 Å². The van der Waals surface area contributed by atoms with Gasteiger partial charge in [-0.15, -0.1) is 0 Å². The fraction of sp³-hybridized carbons (Fsp3) is 0.0833. The highest BCUT2D eigenvalue weighted by atomic mass is 35.5. The molecule has 0 amide bonds. The fourth-order valence-corrected chi connectivity index (χ4v) is 1.76. The molecule has 1 aromatic heterocycles. The van der Waals surface area contributed by atoms with E-state index >= 15 is 0 Å². The molecular formula is C12H9ClN2O2. The van der Waals surface area contributed by atoms with Crippen molar-refractivity contribution in [2.75, 3.05) is 12.1 Å². The minimum atomic E-state index is 0.272. The maximum absolute atomic E-state index is 5.81. The van der Waals surface area contributed by atoms with Gasteiger partial charge < -0.3 is 14.8 Å². The summed E-state index contributed by atoms with van der Waals surface area (Å²) in [6.07, 6.45) is 0. The Morgan fingerprint density at radius 3 is 2.88 bits per heavy atom. The Bertz CT molecular complexity index is 560. The van der Waals surface area contributed by atoms with Gasteiger partial charge >= 0.3 is 0 Å². The molecule has 0 unspecified atom stereocenters. The van der Waals surface area contributed by atoms with Crippen molar-refractivity contribution in [1.29, 1.82) is 0 Å². The third-order valence-corrected chi connectivity index (χ3v) is 2.57. The lowest BCUT2D eigenvalue weighted by Gasteiger charge is -2.06. The van der Waals surface area contributed by atoms with Gasteiger partial charge in [-0.3, -0.25) is 0 Å². The van der Waals surface area contributed by atoms with E-state index in [0.717, 1.165) is 17.2 Å². The van der Waals surface area contributed by atoms with Crippen molar-refractivity contribution in [3.63, 3.8) is 0 Å². The van der Waals surface area contributed by atoms with Crippen LogP contribution in [0.4, 0.5) is 11.5 Å². The molecule has 0 saturated carbocycles. The van der Waals surface area contributed by atoms with Gasteiger partial charge in [-0.2, -0.15) is 0 Å². The van der Waals surface area contributed by atoms with Crippen LogP contribution in [0.15, 0.2) is 36.4 Å². The number of benzene rings is 1. The molecule has 0 aliphatic carbocycles. The summed E-state index contributed by atoms with van der Waals surface area (Å²) in [5.74, 6) is 2.18. The summed E-state index contributed by atoms with van der Waals surface area (Å²) in [7, 11) is 0. The summed E-state index contributed by atoms with van der Waals surface area (Å²) in [5, 5.41) is 3.60. The molecule has 0 fully saturated rings. The van der Waals surface area contributed by atoms with Crippen molar-refractivity contribution in [2.45, 2.75) is 0 Å². The second kappa shape index (κ2) is 4.14. The third kappa shape index (κ3) is 2.12. The van der Waals surface area contributed by atoms with E-state index in [1.54, 1.807) is 6.07 Å². The molecule has 0 bridgehead atoms. The van der Waals surface area contributed by atoms with Crippen molar-refractivity contribution in [3.05, 3.63) is 41.6 Å². The molecule has 2 aromatic rings. The fourth-order valence-electron chi connectivity index (χ4n) is 1.60. The van der Waals surface area contributed by atoms with E-state index in [9.17, 15) is 0 Å². The first kappa shape index (κ1) is 10.2. The number of aromatic nitrogens is 1. The van der Waals surface area contributed by atoms with Gasteiger partial charge in [0, 0.05) is 11.8 Å². The van der Waals surface area contributed by atoms with E-state index in [0.29, 0.717) is 11.0 Å². The van der Waals surface area contributed by atoms with Gasteiger partial charge in [0.2, 0.25) is 6.79 Å². The van der Waals surface area contributed by atoms with E-state index in [1.807, 2.05) is 30.3 Å². The number of anilines is 2. The smallest absolute Gasteiger partial charge is 0.231 e. The van der Waals surface area contributed by atoms with E-state index < -0.39 is 0 Å². The van der Waals surface area contributed by atoms with Crippen LogP contribution in [-0.4, -0.2) is 11.8 Å². The van der Waals surface area contributed by atoms with Crippen LogP contribution < -0.4 is 14.8 Å². The Balaban J connectivity index is 1.86. The minimum absolute atomic E-state index is 0.272. The molecule has 3 rings (SSSR count). The van der Waals surface area contributed by atoms with Crippen LogP contribution in [0, 0.1) is 0 Å². The molecule has 0 saturated heterocycles. The Labute approximate surface area is 103 Å². The number of rotatable bonds is 2. The second-order valence-corrected chi connectivity index (χ2v) is 3.93. The van der Waals surface area contributed by atoms with Gasteiger partial charge in [-0.1, -0.05) is 17.7 Å². The molecule has 0 spiro atoms. The predicted molar refractivity (Wildman–Crippen MR) is 65.1 cm³/mol. The van der Waals surface area contributed by atoms with Crippen molar-refractivity contribution in [1.82, 2.24) is 4.98 Å². The number of halogens is 1. The Morgan fingerprint density at radius 1 is 1.12 bits per heavy atom. The number of nitrogens with one attached hydrogen (secondary N) is 1. The molecule has 0 atom stereocenters. The topological polar surface area (TPSA) is 43.4 Å². The highest BCUT2D eigenvalue weighted by molar-refractivity contribution is 6.29. The van der Waals surface area contributed by atoms with E-state index in [2.05, 4.69) is 10.3 Å². The van der Waals surface area contributed by atoms with Gasteiger partial charge in [0.05, 0.1) is 0 Å². The zero-order chi connectivity index (χ0) is 11.7. The molecule has 17 heavy (non-hydrogen) atoms. The third-order valence-electron chi connectivity index (χ3n) is 2.36. The normalized spacial score (nSPS) is 12.5. The molecule has 2 heterocycles. The quantitative estimate of drug-likeness (QED) is 0.829. The molecule has 5 heteroatoms. The van der Waals surface area contributed by atoms with Crippen molar-refractivity contribution < 1.29 is 9.47 Å². The van der Waals surface area contributed by atoms with Gasteiger partial charge in [0.15, 0.2) is 11.5 Å². The lowest BCUT2D eigenvalue weighted by atomic mass is 10.3. The highest BCUT2D eigenvalue weighted by Gasteiger charge is 2.13. The lowest BCUT2D eigenvalue weighted by molar-refractivity contribution is 0.174. The summed E-state index contributed by atoms with van der Waals surface area (Å²) in [5.41, 5.74) is 0.879. The Hall–Kier alpha value is -1.94. The first-order valence-electron chi connectivity index (χ1n) is 5.10. The zero-order valence-corrected chi connectivity index (χ0v) is 9.57. The molecule has 86 valence electrons. The summed E-state index contributed by atoms with van der Waals surface area (Å²) in [6, 6.07) is 11.0. The SMILES string of the molecule is Clc1cccc(Nc2ccc3c(c2)OCO3)n1. The molecule has 1 aromatic carbocycles. The number of nitrogens with zero attached hydrogens (tertiary/aromatic N) is 1. The van der Waals surface area contributed by atoms with Crippen LogP contribution in [0.2, 0.25) is 5.15 Å². The summed E-state index contributed by atoms with van der Waals surface area (Å²) < 4.78 is 10.5. The number of hydrogen-bond donors (Lipinski definition) is 1. The maximum Gasteiger partial charge on any atom is 0.231 e. The van der Waals surface area contributed by atoms with Crippen molar-refractivity contribution in [2.24, 2.45) is 0 Å². The standard InChI is InChI=1S/C12H9ClN2O2/c13-11-2-1-3-12(15-11)14-8-4-5-9-10(6-8)17-7-16-9/h1-6H,7H2,(H,14,15). The monoisotopic (exact) mass is 248 g/mol. The largest absolute Gasteiger partial charge is 0.454 e. The molecule has 0 radical (unpaired) electrons.